The molecule has 1 saturated carbocycles. The van der Waals surface area contributed by atoms with Crippen molar-refractivity contribution in [3.63, 3.8) is 0 Å². The Morgan fingerprint density at radius 1 is 0.854 bits per heavy atom. The summed E-state index contributed by atoms with van der Waals surface area (Å²) in [6.45, 7) is 10.5. The van der Waals surface area contributed by atoms with E-state index < -0.39 is 27.5 Å². The van der Waals surface area contributed by atoms with Gasteiger partial charge >= 0.3 is 0 Å². The number of hydrogen-bond acceptors (Lipinski definition) is 3. The van der Waals surface area contributed by atoms with Gasteiger partial charge < -0.3 is 5.32 Å². The van der Waals surface area contributed by atoms with Gasteiger partial charge in [-0.1, -0.05) is 103 Å². The van der Waals surface area contributed by atoms with E-state index in [0.29, 0.717) is 17.7 Å². The molecule has 0 spiro atoms. The van der Waals surface area contributed by atoms with E-state index in [1.165, 1.54) is 100 Å². The molecular weight excluding hydrogens is 546 g/mol. The van der Waals surface area contributed by atoms with E-state index >= 15 is 0 Å². The zero-order chi connectivity index (χ0) is 31.1. The van der Waals surface area contributed by atoms with Gasteiger partial charge in [0.15, 0.2) is 0 Å². The fourth-order valence-corrected chi connectivity index (χ4v) is 4.36. The first-order chi connectivity index (χ1) is 19.7. The van der Waals surface area contributed by atoms with E-state index in [2.05, 4.69) is 19.2 Å². The van der Waals surface area contributed by atoms with Crippen LogP contribution in [-0.2, 0) is 0 Å². The minimum absolute atomic E-state index is 0.239. The smallest absolute Gasteiger partial charge is 0.238 e. The van der Waals surface area contributed by atoms with Crippen LogP contribution < -0.4 is 5.32 Å². The predicted octanol–water partition coefficient (Wildman–Crippen LogP) is 11.8. The normalized spacial score (nSPS) is 11.9. The van der Waals surface area contributed by atoms with Crippen LogP contribution in [0.2, 0.25) is 0 Å². The highest BCUT2D eigenvalue weighted by molar-refractivity contribution is 8.21. The molecule has 1 aliphatic rings. The second-order valence-electron chi connectivity index (χ2n) is 9.51. The summed E-state index contributed by atoms with van der Waals surface area (Å²) in [7, 11) is 0. The molecule has 0 atom stereocenters. The minimum Gasteiger partial charge on any atom is -0.378 e. The number of benzene rings is 2. The van der Waals surface area contributed by atoms with E-state index in [1.807, 2.05) is 26.1 Å². The summed E-state index contributed by atoms with van der Waals surface area (Å²) in [6.07, 6.45) is 17.2. The Kier molecular flexibility index (Phi) is 21.0. The highest BCUT2D eigenvalue weighted by Crippen LogP contribution is 2.62. The molecule has 1 N–H and O–H groups in total. The molecule has 0 bridgehead atoms. The Morgan fingerprint density at radius 2 is 1.39 bits per heavy atom. The van der Waals surface area contributed by atoms with E-state index in [-0.39, 0.29) is 5.56 Å². The Bertz CT molecular complexity index is 1100. The van der Waals surface area contributed by atoms with Gasteiger partial charge in [-0.3, -0.25) is 0 Å². The Hall–Kier alpha value is -2.97. The first-order valence-corrected chi connectivity index (χ1v) is 16.0. The summed E-state index contributed by atoms with van der Waals surface area (Å²) in [6, 6.07) is 11.2. The van der Waals surface area contributed by atoms with Crippen LogP contribution >= 0.6 is 11.2 Å². The van der Waals surface area contributed by atoms with Gasteiger partial charge in [0.2, 0.25) is 11.2 Å². The van der Waals surface area contributed by atoms with Crippen LogP contribution in [-0.4, -0.2) is 6.54 Å². The number of nitrogens with one attached hydrogen (secondary N) is 1. The largest absolute Gasteiger partial charge is 0.378 e. The number of rotatable bonds is 11. The van der Waals surface area contributed by atoms with Gasteiger partial charge in [0.25, 0.3) is 0 Å². The van der Waals surface area contributed by atoms with E-state index in [9.17, 15) is 16.0 Å². The molecule has 41 heavy (non-hydrogen) atoms. The van der Waals surface area contributed by atoms with Crippen molar-refractivity contribution in [2.24, 2.45) is 0 Å². The van der Waals surface area contributed by atoms with Gasteiger partial charge in [0, 0.05) is 0 Å². The maximum absolute atomic E-state index is 13.5. The summed E-state index contributed by atoms with van der Waals surface area (Å²) in [5.41, 5.74) is 2.04. The number of nitrogens with zero attached hydrogens (tertiary/aromatic N) is 2. The van der Waals surface area contributed by atoms with Gasteiger partial charge in [-0.25, -0.2) is 4.39 Å². The number of unbranched alkanes of at least 4 members (excludes halogenated alkanes) is 7. The molecule has 1 aliphatic carbocycles. The maximum Gasteiger partial charge on any atom is 0.238 e. The van der Waals surface area contributed by atoms with Crippen molar-refractivity contribution in [1.82, 2.24) is 5.32 Å². The SMILES string of the molecule is CC.CCCCCCCCCC.Cc1ccc(-c2ccc(C#N)c(S(F)(F)F)c2)cc1F.N#CCNC=C1CCC1. The van der Waals surface area contributed by atoms with Gasteiger partial charge in [0.05, 0.1) is 16.5 Å². The fourth-order valence-electron chi connectivity index (χ4n) is 3.73. The lowest BCUT2D eigenvalue weighted by molar-refractivity contribution is 0.585. The van der Waals surface area contributed by atoms with Crippen molar-refractivity contribution in [2.45, 2.75) is 110 Å². The van der Waals surface area contributed by atoms with Crippen LogP contribution in [0.1, 0.15) is 109 Å². The highest BCUT2D eigenvalue weighted by Gasteiger charge is 2.28. The monoisotopic (exact) mass is 593 g/mol. The van der Waals surface area contributed by atoms with E-state index in [4.69, 9.17) is 10.5 Å². The minimum atomic E-state index is -5.51. The molecule has 228 valence electrons. The lowest BCUT2D eigenvalue weighted by Crippen LogP contribution is -2.08. The van der Waals surface area contributed by atoms with Crippen LogP contribution in [0.3, 0.4) is 0 Å². The van der Waals surface area contributed by atoms with Crippen molar-refractivity contribution < 1.29 is 16.0 Å². The quantitative estimate of drug-likeness (QED) is 0.160. The average Bonchev–Trinajstić information content (AvgIpc) is 2.94. The second kappa shape index (κ2) is 22.7. The van der Waals surface area contributed by atoms with Gasteiger partial charge in [-0.2, -0.15) is 10.5 Å². The average molecular weight is 594 g/mol. The first-order valence-electron chi connectivity index (χ1n) is 14.7. The van der Waals surface area contributed by atoms with Crippen LogP contribution in [0.15, 0.2) is 53.1 Å². The molecule has 8 heteroatoms. The number of allylic oxidation sites excluding steroid dienone is 1. The van der Waals surface area contributed by atoms with Gasteiger partial charge in [-0.15, -0.1) is 11.7 Å². The molecule has 0 aromatic heterocycles. The number of halogens is 4. The molecule has 3 rings (SSSR count). The predicted molar refractivity (Wildman–Crippen MR) is 166 cm³/mol. The third-order valence-electron chi connectivity index (χ3n) is 6.30. The molecule has 0 heterocycles. The molecule has 0 aliphatic heterocycles. The standard InChI is InChI=1S/C14H9F4NS.C10H22.C7H10N2.C2H6/c1-9-2-3-10(6-13(9)15)11-4-5-12(8-19)14(7-11)20(16,17)18;1-3-5-7-9-10-8-6-4-2;8-4-5-9-6-7-2-1-3-7;1-2/h2-7H,1H3;3-10H2,1-2H3;6,9H,1-3,5H2;1-2H3. The maximum atomic E-state index is 13.5. The molecule has 0 saturated heterocycles. The Labute approximate surface area is 247 Å². The number of nitriles is 2. The third-order valence-corrected chi connectivity index (χ3v) is 7.13. The molecular formula is C33H47F4N3S. The van der Waals surface area contributed by atoms with E-state index in [0.717, 1.165) is 12.1 Å². The van der Waals surface area contributed by atoms with Gasteiger partial charge in [-0.05, 0) is 67.3 Å². The molecule has 3 nitrogen and oxygen atoms in total. The topological polar surface area (TPSA) is 59.6 Å². The van der Waals surface area contributed by atoms with Crippen molar-refractivity contribution in [1.29, 1.82) is 10.5 Å². The molecule has 2 aromatic rings. The third kappa shape index (κ3) is 16.2. The van der Waals surface area contributed by atoms with E-state index in [1.54, 1.807) is 13.0 Å². The molecule has 0 unspecified atom stereocenters. The zero-order valence-corrected chi connectivity index (χ0v) is 26.2. The summed E-state index contributed by atoms with van der Waals surface area (Å²) >= 11 is -5.51. The van der Waals surface area contributed by atoms with Crippen LogP contribution in [0.5, 0.6) is 0 Å². The summed E-state index contributed by atoms with van der Waals surface area (Å²) < 4.78 is 52.3. The molecule has 1 fully saturated rings. The molecule has 2 aromatic carbocycles. The van der Waals surface area contributed by atoms with Crippen molar-refractivity contribution >= 4 is 11.2 Å². The Balaban J connectivity index is 0.000000639. The van der Waals surface area contributed by atoms with Crippen molar-refractivity contribution in [3.8, 4) is 23.3 Å². The summed E-state index contributed by atoms with van der Waals surface area (Å²) in [5.74, 6) is -0.479. The van der Waals surface area contributed by atoms with Crippen molar-refractivity contribution in [2.75, 3.05) is 6.54 Å². The second-order valence-corrected chi connectivity index (χ2v) is 10.8. The summed E-state index contributed by atoms with van der Waals surface area (Å²) in [4.78, 5) is -0.932. The molecule has 0 radical (unpaired) electrons. The summed E-state index contributed by atoms with van der Waals surface area (Å²) in [5, 5.41) is 19.8. The first kappa shape index (κ1) is 38.0. The van der Waals surface area contributed by atoms with Crippen LogP contribution in [0.4, 0.5) is 16.0 Å². The highest BCUT2D eigenvalue weighted by atomic mass is 32.3. The van der Waals surface area contributed by atoms with Crippen LogP contribution in [0, 0.1) is 35.4 Å². The zero-order valence-electron chi connectivity index (χ0n) is 25.3. The van der Waals surface area contributed by atoms with Gasteiger partial charge in [0.1, 0.15) is 18.4 Å². The Morgan fingerprint density at radius 3 is 1.83 bits per heavy atom. The number of aryl methyl sites for hydroxylation is 1. The van der Waals surface area contributed by atoms with Crippen LogP contribution in [0.25, 0.3) is 11.1 Å². The number of hydrogen-bond donors (Lipinski definition) is 1. The lowest BCUT2D eigenvalue weighted by atomic mass is 9.94. The fraction of sp³-hybridized carbons (Fsp3) is 0.515. The molecule has 0 amide bonds. The van der Waals surface area contributed by atoms with Crippen molar-refractivity contribution in [3.05, 3.63) is 65.1 Å². The lowest BCUT2D eigenvalue weighted by Gasteiger charge is -2.15.